The fourth-order valence-electron chi connectivity index (χ4n) is 4.71. The van der Waals surface area contributed by atoms with Gasteiger partial charge in [-0.3, -0.25) is 14.4 Å². The Balaban J connectivity index is 1.55. The molecule has 1 fully saturated rings. The fraction of sp³-hybridized carbons (Fsp3) is 0.320. The van der Waals surface area contributed by atoms with Crippen molar-refractivity contribution >= 4 is 11.8 Å². The molecule has 2 aliphatic heterocycles. The maximum absolute atomic E-state index is 13.5. The summed E-state index contributed by atoms with van der Waals surface area (Å²) in [5.41, 5.74) is 3.24. The van der Waals surface area contributed by atoms with Crippen molar-refractivity contribution < 1.29 is 9.59 Å². The van der Waals surface area contributed by atoms with Crippen LogP contribution in [0, 0.1) is 0 Å². The maximum atomic E-state index is 13.5. The number of nitrogens with one attached hydrogen (secondary N) is 1. The van der Waals surface area contributed by atoms with Crippen LogP contribution in [0.5, 0.6) is 0 Å². The number of pyridine rings is 1. The molecule has 2 amide bonds. The topological polar surface area (TPSA) is 78.4 Å². The van der Waals surface area contributed by atoms with Gasteiger partial charge in [0.15, 0.2) is 0 Å². The zero-order valence-corrected chi connectivity index (χ0v) is 17.9. The number of carbonyl (C=O) groups excluding carboxylic acids is 2. The summed E-state index contributed by atoms with van der Waals surface area (Å²) in [5.74, 6) is -0.246. The van der Waals surface area contributed by atoms with Gasteiger partial charge in [0.25, 0.3) is 17.4 Å². The standard InChI is InChI=1S/C25H26N4O3/c30-23(21-9-6-11-26-21)28-14-10-20-19(16-28)17-29(15-18-7-2-1-3-8-18)25(32)22(20)24(31)27-12-4-5-13-27/h1-3,6-9,11,17,26H,4-5,10,12-16H2. The predicted molar refractivity (Wildman–Crippen MR) is 121 cm³/mol. The molecule has 32 heavy (non-hydrogen) atoms. The number of likely N-dealkylation sites (tertiary alicyclic amines) is 1. The quantitative estimate of drug-likeness (QED) is 0.691. The monoisotopic (exact) mass is 430 g/mol. The Morgan fingerprint density at radius 3 is 2.41 bits per heavy atom. The third kappa shape index (κ3) is 3.75. The van der Waals surface area contributed by atoms with Gasteiger partial charge in [0, 0.05) is 38.6 Å². The van der Waals surface area contributed by atoms with E-state index in [-0.39, 0.29) is 22.9 Å². The van der Waals surface area contributed by atoms with Crippen molar-refractivity contribution in [3.05, 3.63) is 93.2 Å². The van der Waals surface area contributed by atoms with E-state index in [0.717, 1.165) is 29.5 Å². The minimum absolute atomic E-state index is 0.0751. The Hall–Kier alpha value is -3.61. The fourth-order valence-corrected chi connectivity index (χ4v) is 4.71. The first-order valence-corrected chi connectivity index (χ1v) is 11.1. The van der Waals surface area contributed by atoms with E-state index >= 15 is 0 Å². The van der Waals surface area contributed by atoms with Crippen molar-refractivity contribution in [1.82, 2.24) is 19.4 Å². The maximum Gasteiger partial charge on any atom is 0.270 e. The van der Waals surface area contributed by atoms with Gasteiger partial charge in [0.2, 0.25) is 0 Å². The van der Waals surface area contributed by atoms with Crippen LogP contribution < -0.4 is 5.56 Å². The van der Waals surface area contributed by atoms with Crippen LogP contribution in [0.15, 0.2) is 59.7 Å². The van der Waals surface area contributed by atoms with Crippen molar-refractivity contribution in [2.45, 2.75) is 32.4 Å². The highest BCUT2D eigenvalue weighted by Gasteiger charge is 2.31. The highest BCUT2D eigenvalue weighted by Crippen LogP contribution is 2.24. The lowest BCUT2D eigenvalue weighted by Gasteiger charge is -2.31. The molecule has 3 aromatic rings. The van der Waals surface area contributed by atoms with Crippen molar-refractivity contribution in [2.24, 2.45) is 0 Å². The Morgan fingerprint density at radius 2 is 1.69 bits per heavy atom. The Bertz CT molecular complexity index is 1190. The summed E-state index contributed by atoms with van der Waals surface area (Å²) in [5, 5.41) is 0. The molecule has 0 atom stereocenters. The van der Waals surface area contributed by atoms with Crippen LogP contribution in [0.1, 0.15) is 50.4 Å². The third-order valence-electron chi connectivity index (χ3n) is 6.39. The lowest BCUT2D eigenvalue weighted by molar-refractivity contribution is 0.0727. The number of benzene rings is 1. The van der Waals surface area contributed by atoms with Gasteiger partial charge in [0.1, 0.15) is 11.3 Å². The lowest BCUT2D eigenvalue weighted by Crippen LogP contribution is -2.42. The molecule has 0 saturated carbocycles. The largest absolute Gasteiger partial charge is 0.357 e. The highest BCUT2D eigenvalue weighted by molar-refractivity contribution is 5.96. The number of fused-ring (bicyclic) bond motifs is 1. The van der Waals surface area contributed by atoms with E-state index in [1.54, 1.807) is 32.7 Å². The summed E-state index contributed by atoms with van der Waals surface area (Å²) in [6.45, 7) is 2.63. The first-order chi connectivity index (χ1) is 15.6. The van der Waals surface area contributed by atoms with Gasteiger partial charge < -0.3 is 19.4 Å². The Kier molecular flexibility index (Phi) is 5.39. The van der Waals surface area contributed by atoms with E-state index in [1.807, 2.05) is 36.5 Å². The molecule has 4 heterocycles. The molecule has 7 heteroatoms. The molecule has 0 radical (unpaired) electrons. The number of H-pyrrole nitrogens is 1. The highest BCUT2D eigenvalue weighted by atomic mass is 16.2. The molecule has 0 spiro atoms. The molecular weight excluding hydrogens is 404 g/mol. The number of nitrogens with zero attached hydrogens (tertiary/aromatic N) is 3. The molecule has 7 nitrogen and oxygen atoms in total. The number of aromatic amines is 1. The molecule has 1 saturated heterocycles. The molecule has 164 valence electrons. The second-order valence-electron chi connectivity index (χ2n) is 8.49. The summed E-state index contributed by atoms with van der Waals surface area (Å²) in [6.07, 6.45) is 6.00. The number of carbonyl (C=O) groups is 2. The molecule has 2 aromatic heterocycles. The van der Waals surface area contributed by atoms with Gasteiger partial charge in [-0.1, -0.05) is 30.3 Å². The van der Waals surface area contributed by atoms with E-state index in [0.29, 0.717) is 44.8 Å². The molecule has 0 unspecified atom stereocenters. The van der Waals surface area contributed by atoms with Gasteiger partial charge in [-0.2, -0.15) is 0 Å². The van der Waals surface area contributed by atoms with Crippen molar-refractivity contribution in [3.8, 4) is 0 Å². The van der Waals surface area contributed by atoms with Crippen LogP contribution >= 0.6 is 0 Å². The van der Waals surface area contributed by atoms with Crippen LogP contribution in [0.4, 0.5) is 0 Å². The zero-order valence-electron chi connectivity index (χ0n) is 17.9. The van der Waals surface area contributed by atoms with Crippen molar-refractivity contribution in [3.63, 3.8) is 0 Å². The number of rotatable bonds is 4. The van der Waals surface area contributed by atoms with Gasteiger partial charge in [-0.15, -0.1) is 0 Å². The van der Waals surface area contributed by atoms with Gasteiger partial charge >= 0.3 is 0 Å². The SMILES string of the molecule is O=C(c1ccc[nH]1)N1CCc2c(cn(Cc3ccccc3)c(=O)c2C(=O)N2CCCC2)C1. The average molecular weight is 431 g/mol. The zero-order chi connectivity index (χ0) is 22.1. The summed E-state index contributed by atoms with van der Waals surface area (Å²) in [4.78, 5) is 46.3. The second kappa shape index (κ2) is 8.49. The normalized spacial score (nSPS) is 15.6. The van der Waals surface area contributed by atoms with E-state index in [2.05, 4.69) is 4.98 Å². The van der Waals surface area contributed by atoms with E-state index in [9.17, 15) is 14.4 Å². The summed E-state index contributed by atoms with van der Waals surface area (Å²) in [6, 6.07) is 13.3. The molecule has 1 N–H and O–H groups in total. The van der Waals surface area contributed by atoms with Crippen LogP contribution in [-0.4, -0.2) is 50.8 Å². The first-order valence-electron chi connectivity index (χ1n) is 11.1. The van der Waals surface area contributed by atoms with Crippen LogP contribution in [-0.2, 0) is 19.5 Å². The minimum atomic E-state index is -0.242. The average Bonchev–Trinajstić information content (AvgIpc) is 3.54. The van der Waals surface area contributed by atoms with Crippen LogP contribution in [0.3, 0.4) is 0 Å². The molecule has 1 aromatic carbocycles. The molecule has 5 rings (SSSR count). The predicted octanol–water partition coefficient (Wildman–Crippen LogP) is 2.66. The second-order valence-corrected chi connectivity index (χ2v) is 8.49. The smallest absolute Gasteiger partial charge is 0.270 e. The van der Waals surface area contributed by atoms with E-state index in [1.165, 1.54) is 0 Å². The third-order valence-corrected chi connectivity index (χ3v) is 6.39. The summed E-state index contributed by atoms with van der Waals surface area (Å²) < 4.78 is 1.63. The molecule has 0 aliphatic carbocycles. The number of hydrogen-bond donors (Lipinski definition) is 1. The van der Waals surface area contributed by atoms with Crippen molar-refractivity contribution in [1.29, 1.82) is 0 Å². The minimum Gasteiger partial charge on any atom is -0.357 e. The summed E-state index contributed by atoms with van der Waals surface area (Å²) in [7, 11) is 0. The Morgan fingerprint density at radius 1 is 0.906 bits per heavy atom. The molecular formula is C25H26N4O3. The number of hydrogen-bond acceptors (Lipinski definition) is 3. The summed E-state index contributed by atoms with van der Waals surface area (Å²) >= 11 is 0. The van der Waals surface area contributed by atoms with E-state index in [4.69, 9.17) is 0 Å². The van der Waals surface area contributed by atoms with Crippen LogP contribution in [0.2, 0.25) is 0 Å². The van der Waals surface area contributed by atoms with Gasteiger partial charge in [-0.25, -0.2) is 0 Å². The number of aromatic nitrogens is 2. The van der Waals surface area contributed by atoms with Gasteiger partial charge in [0.05, 0.1) is 6.54 Å². The number of amides is 2. The van der Waals surface area contributed by atoms with Crippen LogP contribution in [0.25, 0.3) is 0 Å². The Labute approximate surface area is 186 Å². The van der Waals surface area contributed by atoms with Crippen molar-refractivity contribution in [2.75, 3.05) is 19.6 Å². The van der Waals surface area contributed by atoms with Gasteiger partial charge in [-0.05, 0) is 48.1 Å². The lowest BCUT2D eigenvalue weighted by atomic mass is 9.95. The van der Waals surface area contributed by atoms with E-state index < -0.39 is 0 Å². The molecule has 0 bridgehead atoms. The molecule has 2 aliphatic rings. The first kappa shape index (κ1) is 20.3.